The van der Waals surface area contributed by atoms with E-state index in [0.717, 1.165) is 15.4 Å². The lowest BCUT2D eigenvalue weighted by Gasteiger charge is -2.13. The molecule has 0 saturated heterocycles. The highest BCUT2D eigenvalue weighted by Crippen LogP contribution is 2.40. The number of phenols is 1. The third-order valence-corrected chi connectivity index (χ3v) is 3.55. The van der Waals surface area contributed by atoms with Crippen molar-refractivity contribution in [2.24, 2.45) is 0 Å². The zero-order chi connectivity index (χ0) is 13.1. The minimum atomic E-state index is 0.0713. The van der Waals surface area contributed by atoms with E-state index in [1.807, 2.05) is 12.1 Å². The fourth-order valence-electron chi connectivity index (χ4n) is 1.85. The van der Waals surface area contributed by atoms with Gasteiger partial charge in [0.05, 0.1) is 7.11 Å². The number of ether oxygens (including phenoxy) is 1. The van der Waals surface area contributed by atoms with E-state index >= 15 is 0 Å². The van der Waals surface area contributed by atoms with Crippen LogP contribution < -0.4 is 4.74 Å². The van der Waals surface area contributed by atoms with Crippen molar-refractivity contribution in [3.8, 4) is 22.6 Å². The molecule has 0 radical (unpaired) electrons. The minimum absolute atomic E-state index is 0.0713. The number of rotatable bonds is 3. The van der Waals surface area contributed by atoms with Gasteiger partial charge >= 0.3 is 0 Å². The number of methoxy groups -OCH3 is 1. The van der Waals surface area contributed by atoms with Crippen LogP contribution in [0.4, 0.5) is 0 Å². The first kappa shape index (κ1) is 12.9. The van der Waals surface area contributed by atoms with Crippen molar-refractivity contribution < 1.29 is 14.6 Å². The molecule has 2 aromatic carbocycles. The first-order chi connectivity index (χ1) is 8.69. The lowest BCUT2D eigenvalue weighted by atomic mass is 9.98. The Morgan fingerprint density at radius 3 is 2.56 bits per heavy atom. The summed E-state index contributed by atoms with van der Waals surface area (Å²) in [7, 11) is 1.56. The summed E-state index contributed by atoms with van der Waals surface area (Å²) in [5.74, 6) is 0.702. The SMILES string of the molecule is COc1cccc(I)c1-c1c(O)cccc1C=O. The summed E-state index contributed by atoms with van der Waals surface area (Å²) < 4.78 is 6.22. The zero-order valence-corrected chi connectivity index (χ0v) is 11.8. The second kappa shape index (κ2) is 5.39. The zero-order valence-electron chi connectivity index (χ0n) is 9.68. The second-order valence-corrected chi connectivity index (χ2v) is 4.84. The number of halogens is 1. The Bertz CT molecular complexity index is 594. The lowest BCUT2D eigenvalue weighted by molar-refractivity contribution is 0.112. The molecule has 2 aromatic rings. The fraction of sp³-hybridized carbons (Fsp3) is 0.0714. The molecule has 0 aromatic heterocycles. The van der Waals surface area contributed by atoms with E-state index in [0.29, 0.717) is 16.9 Å². The highest BCUT2D eigenvalue weighted by molar-refractivity contribution is 14.1. The van der Waals surface area contributed by atoms with E-state index in [-0.39, 0.29) is 5.75 Å². The van der Waals surface area contributed by atoms with Gasteiger partial charge in [-0.3, -0.25) is 4.79 Å². The van der Waals surface area contributed by atoms with Crippen molar-refractivity contribution in [3.63, 3.8) is 0 Å². The van der Waals surface area contributed by atoms with Crippen molar-refractivity contribution in [2.45, 2.75) is 0 Å². The number of aromatic hydroxyl groups is 1. The Labute approximate surface area is 119 Å². The first-order valence-electron chi connectivity index (χ1n) is 5.29. The predicted octanol–water partition coefficient (Wildman–Crippen LogP) is 3.48. The topological polar surface area (TPSA) is 46.5 Å². The van der Waals surface area contributed by atoms with Crippen LogP contribution in [0.3, 0.4) is 0 Å². The standard InChI is InChI=1S/C14H11IO3/c1-18-12-7-3-5-10(15)14(12)13-9(8-16)4-2-6-11(13)17/h2-8,17H,1H3. The third kappa shape index (κ3) is 2.20. The maximum Gasteiger partial charge on any atom is 0.150 e. The van der Waals surface area contributed by atoms with Gasteiger partial charge in [0.1, 0.15) is 11.5 Å². The van der Waals surface area contributed by atoms with Crippen molar-refractivity contribution in [1.29, 1.82) is 0 Å². The van der Waals surface area contributed by atoms with Gasteiger partial charge in [-0.05, 0) is 40.8 Å². The molecule has 2 rings (SSSR count). The average molecular weight is 354 g/mol. The molecule has 0 aliphatic carbocycles. The smallest absolute Gasteiger partial charge is 0.150 e. The Hall–Kier alpha value is -1.56. The van der Waals surface area contributed by atoms with Crippen LogP contribution in [0.15, 0.2) is 36.4 Å². The van der Waals surface area contributed by atoms with Crippen LogP contribution in [0.5, 0.6) is 11.5 Å². The molecule has 4 heteroatoms. The van der Waals surface area contributed by atoms with Crippen LogP contribution >= 0.6 is 22.6 Å². The van der Waals surface area contributed by atoms with Crippen LogP contribution in [0.1, 0.15) is 10.4 Å². The molecule has 0 aliphatic rings. The molecule has 0 unspecified atom stereocenters. The second-order valence-electron chi connectivity index (χ2n) is 3.68. The number of carbonyl (C=O) groups excluding carboxylic acids is 1. The first-order valence-corrected chi connectivity index (χ1v) is 6.37. The van der Waals surface area contributed by atoms with Crippen LogP contribution in [-0.2, 0) is 0 Å². The molecule has 0 fully saturated rings. The molecule has 0 atom stereocenters. The number of hydrogen-bond acceptors (Lipinski definition) is 3. The van der Waals surface area contributed by atoms with Crippen LogP contribution in [0.2, 0.25) is 0 Å². The Morgan fingerprint density at radius 2 is 1.89 bits per heavy atom. The molecule has 3 nitrogen and oxygen atoms in total. The summed E-state index contributed by atoms with van der Waals surface area (Å²) in [6, 6.07) is 10.4. The molecular weight excluding hydrogens is 343 g/mol. The van der Waals surface area contributed by atoms with Crippen molar-refractivity contribution in [3.05, 3.63) is 45.5 Å². The number of carbonyl (C=O) groups is 1. The average Bonchev–Trinajstić information content (AvgIpc) is 2.38. The molecule has 1 N–H and O–H groups in total. The highest BCUT2D eigenvalue weighted by atomic mass is 127. The molecule has 0 spiro atoms. The summed E-state index contributed by atoms with van der Waals surface area (Å²) in [5, 5.41) is 10.0. The van der Waals surface area contributed by atoms with Crippen LogP contribution in [0, 0.1) is 3.57 Å². The molecule has 0 saturated carbocycles. The summed E-state index contributed by atoms with van der Waals surface area (Å²) in [6.45, 7) is 0. The maximum absolute atomic E-state index is 11.1. The number of aldehydes is 1. The van der Waals surface area contributed by atoms with Gasteiger partial charge in [-0.15, -0.1) is 0 Å². The van der Waals surface area contributed by atoms with E-state index in [4.69, 9.17) is 4.74 Å². The molecule has 18 heavy (non-hydrogen) atoms. The van der Waals surface area contributed by atoms with E-state index in [2.05, 4.69) is 22.6 Å². The van der Waals surface area contributed by atoms with Gasteiger partial charge in [-0.25, -0.2) is 0 Å². The fourth-order valence-corrected chi connectivity index (χ4v) is 2.59. The predicted molar refractivity (Wildman–Crippen MR) is 78.2 cm³/mol. The summed E-state index contributed by atoms with van der Waals surface area (Å²) >= 11 is 2.16. The quantitative estimate of drug-likeness (QED) is 0.678. The van der Waals surface area contributed by atoms with Gasteiger partial charge < -0.3 is 9.84 Å². The normalized spacial score (nSPS) is 10.1. The maximum atomic E-state index is 11.1. The monoisotopic (exact) mass is 354 g/mol. The summed E-state index contributed by atoms with van der Waals surface area (Å²) in [5.41, 5.74) is 1.69. The largest absolute Gasteiger partial charge is 0.507 e. The number of hydrogen-bond donors (Lipinski definition) is 1. The third-order valence-electron chi connectivity index (χ3n) is 2.65. The lowest BCUT2D eigenvalue weighted by Crippen LogP contribution is -1.95. The van der Waals surface area contributed by atoms with Gasteiger partial charge in [0.2, 0.25) is 0 Å². The molecule has 0 amide bonds. The van der Waals surface area contributed by atoms with E-state index in [1.165, 1.54) is 0 Å². The van der Waals surface area contributed by atoms with E-state index < -0.39 is 0 Å². The molecule has 92 valence electrons. The Balaban J connectivity index is 2.80. The Morgan fingerprint density at radius 1 is 1.17 bits per heavy atom. The summed E-state index contributed by atoms with van der Waals surface area (Å²) in [4.78, 5) is 11.1. The van der Waals surface area contributed by atoms with Gasteiger partial charge in [0.15, 0.2) is 6.29 Å². The van der Waals surface area contributed by atoms with E-state index in [9.17, 15) is 9.90 Å². The van der Waals surface area contributed by atoms with E-state index in [1.54, 1.807) is 31.4 Å². The summed E-state index contributed by atoms with van der Waals surface area (Å²) in [6.07, 6.45) is 0.734. The minimum Gasteiger partial charge on any atom is -0.507 e. The number of benzene rings is 2. The van der Waals surface area contributed by atoms with Crippen molar-refractivity contribution in [2.75, 3.05) is 7.11 Å². The molecule has 0 heterocycles. The highest BCUT2D eigenvalue weighted by Gasteiger charge is 2.17. The van der Waals surface area contributed by atoms with Gasteiger partial charge in [0, 0.05) is 20.3 Å². The van der Waals surface area contributed by atoms with Gasteiger partial charge in [0.25, 0.3) is 0 Å². The van der Waals surface area contributed by atoms with Crippen LogP contribution in [-0.4, -0.2) is 18.5 Å². The molecular formula is C14H11IO3. The van der Waals surface area contributed by atoms with Gasteiger partial charge in [-0.2, -0.15) is 0 Å². The van der Waals surface area contributed by atoms with Gasteiger partial charge in [-0.1, -0.05) is 18.2 Å². The Kier molecular flexibility index (Phi) is 3.86. The van der Waals surface area contributed by atoms with Crippen molar-refractivity contribution in [1.82, 2.24) is 0 Å². The number of phenolic OH excluding ortho intramolecular Hbond substituents is 1. The van der Waals surface area contributed by atoms with Crippen LogP contribution in [0.25, 0.3) is 11.1 Å². The van der Waals surface area contributed by atoms with Crippen molar-refractivity contribution >= 4 is 28.9 Å². The molecule has 0 bridgehead atoms. The molecule has 0 aliphatic heterocycles.